The predicted octanol–water partition coefficient (Wildman–Crippen LogP) is 4.11. The zero-order valence-electron chi connectivity index (χ0n) is 20.7. The van der Waals surface area contributed by atoms with Gasteiger partial charge >= 0.3 is 6.01 Å². The number of aromatic nitrogens is 5. The minimum Gasteiger partial charge on any atom is -0.460 e. The molecule has 1 saturated heterocycles. The molecule has 2 N–H and O–H groups in total. The standard InChI is InChI=1S/C26H30N8O2/c1-17(2)22-16-28-34-23(22)31-26(36-21-9-13-33(3)14-10-21)32-25(34)30-20-6-4-5-19(15-20)29-24(35)18-7-11-27-12-8-18/h4-8,11-12,15-17,21H,9-10,13-14H2,1-3H3,(H,29,35)(H,30,31,32). The number of amides is 1. The van der Waals surface area contributed by atoms with E-state index >= 15 is 0 Å². The zero-order chi connectivity index (χ0) is 25.1. The number of nitrogens with one attached hydrogen (secondary N) is 2. The average Bonchev–Trinajstić information content (AvgIpc) is 3.31. The quantitative estimate of drug-likeness (QED) is 0.402. The van der Waals surface area contributed by atoms with E-state index in [-0.39, 0.29) is 17.9 Å². The Hall–Kier alpha value is -4.05. The fourth-order valence-electron chi connectivity index (χ4n) is 4.18. The molecule has 5 rings (SSSR count). The van der Waals surface area contributed by atoms with Gasteiger partial charge < -0.3 is 20.3 Å². The van der Waals surface area contributed by atoms with Crippen LogP contribution in [0.5, 0.6) is 6.01 Å². The number of hydrogen-bond acceptors (Lipinski definition) is 8. The van der Waals surface area contributed by atoms with E-state index in [2.05, 4.69) is 51.5 Å². The first-order chi connectivity index (χ1) is 17.5. The van der Waals surface area contributed by atoms with Crippen LogP contribution in [0.3, 0.4) is 0 Å². The van der Waals surface area contributed by atoms with Gasteiger partial charge in [0.15, 0.2) is 5.65 Å². The first-order valence-electron chi connectivity index (χ1n) is 12.2. The lowest BCUT2D eigenvalue weighted by atomic mass is 10.1. The molecule has 0 atom stereocenters. The van der Waals surface area contributed by atoms with E-state index in [4.69, 9.17) is 9.72 Å². The molecule has 0 unspecified atom stereocenters. The van der Waals surface area contributed by atoms with E-state index in [1.54, 1.807) is 29.0 Å². The first-order valence-corrected chi connectivity index (χ1v) is 12.2. The second-order valence-corrected chi connectivity index (χ2v) is 9.34. The van der Waals surface area contributed by atoms with Crippen LogP contribution in [-0.4, -0.2) is 61.6 Å². The maximum Gasteiger partial charge on any atom is 0.322 e. The van der Waals surface area contributed by atoms with Gasteiger partial charge in [0.25, 0.3) is 5.91 Å². The number of fused-ring (bicyclic) bond motifs is 1. The summed E-state index contributed by atoms with van der Waals surface area (Å²) in [5.41, 5.74) is 3.67. The van der Waals surface area contributed by atoms with Gasteiger partial charge in [0.1, 0.15) is 6.10 Å². The molecule has 0 radical (unpaired) electrons. The Labute approximate surface area is 209 Å². The molecule has 1 aliphatic rings. The molecule has 10 nitrogen and oxygen atoms in total. The van der Waals surface area contributed by atoms with Gasteiger partial charge in [0.05, 0.1) is 6.20 Å². The molecule has 1 aromatic carbocycles. The molecule has 0 saturated carbocycles. The number of carbonyl (C=O) groups excluding carboxylic acids is 1. The lowest BCUT2D eigenvalue weighted by molar-refractivity contribution is 0.102. The molecule has 1 aliphatic heterocycles. The summed E-state index contributed by atoms with van der Waals surface area (Å²) in [5, 5.41) is 10.8. The number of ether oxygens (including phenoxy) is 1. The molecule has 1 amide bonds. The summed E-state index contributed by atoms with van der Waals surface area (Å²) in [4.78, 5) is 28.2. The third-order valence-electron chi connectivity index (χ3n) is 6.25. The lowest BCUT2D eigenvalue weighted by Gasteiger charge is -2.28. The molecule has 4 heterocycles. The van der Waals surface area contributed by atoms with E-state index in [0.29, 0.717) is 28.9 Å². The molecule has 0 aliphatic carbocycles. The molecule has 3 aromatic heterocycles. The number of anilines is 3. The summed E-state index contributed by atoms with van der Waals surface area (Å²) in [7, 11) is 2.12. The van der Waals surface area contributed by atoms with Crippen molar-refractivity contribution in [1.29, 1.82) is 0 Å². The predicted molar refractivity (Wildman–Crippen MR) is 138 cm³/mol. The molecule has 186 valence electrons. The smallest absolute Gasteiger partial charge is 0.322 e. The minimum absolute atomic E-state index is 0.0775. The summed E-state index contributed by atoms with van der Waals surface area (Å²) in [6.45, 7) is 6.19. The summed E-state index contributed by atoms with van der Waals surface area (Å²) in [6, 6.07) is 11.1. The van der Waals surface area contributed by atoms with Gasteiger partial charge in [-0.25, -0.2) is 0 Å². The molecule has 0 spiro atoms. The van der Waals surface area contributed by atoms with E-state index in [1.165, 1.54) is 0 Å². The number of piperidine rings is 1. The van der Waals surface area contributed by atoms with E-state index in [0.717, 1.165) is 37.2 Å². The van der Waals surface area contributed by atoms with Crippen LogP contribution in [0.15, 0.2) is 55.0 Å². The normalized spacial score (nSPS) is 14.8. The molecule has 0 bridgehead atoms. The van der Waals surface area contributed by atoms with Crippen molar-refractivity contribution in [3.05, 3.63) is 66.1 Å². The van der Waals surface area contributed by atoms with E-state index in [9.17, 15) is 4.79 Å². The molecule has 10 heteroatoms. The van der Waals surface area contributed by atoms with Crippen LogP contribution in [-0.2, 0) is 0 Å². The Bertz CT molecular complexity index is 1350. The van der Waals surface area contributed by atoms with Gasteiger partial charge in [-0.15, -0.1) is 0 Å². The highest BCUT2D eigenvalue weighted by molar-refractivity contribution is 6.04. The van der Waals surface area contributed by atoms with Gasteiger partial charge in [-0.2, -0.15) is 19.6 Å². The van der Waals surface area contributed by atoms with E-state index in [1.807, 2.05) is 30.5 Å². The van der Waals surface area contributed by atoms with Gasteiger partial charge in [-0.1, -0.05) is 19.9 Å². The van der Waals surface area contributed by atoms with Crippen LogP contribution >= 0.6 is 0 Å². The number of hydrogen-bond donors (Lipinski definition) is 2. The summed E-state index contributed by atoms with van der Waals surface area (Å²) in [5.74, 6) is 0.530. The molecule has 1 fully saturated rings. The second-order valence-electron chi connectivity index (χ2n) is 9.34. The van der Waals surface area contributed by atoms with Crippen LogP contribution < -0.4 is 15.4 Å². The Kier molecular flexibility index (Phi) is 6.77. The van der Waals surface area contributed by atoms with Gasteiger partial charge in [-0.05, 0) is 56.1 Å². The van der Waals surface area contributed by atoms with Crippen molar-refractivity contribution in [2.75, 3.05) is 30.8 Å². The largest absolute Gasteiger partial charge is 0.460 e. The Morgan fingerprint density at radius 2 is 1.83 bits per heavy atom. The number of pyridine rings is 1. The average molecular weight is 487 g/mol. The number of nitrogens with zero attached hydrogens (tertiary/aromatic N) is 6. The Morgan fingerprint density at radius 3 is 2.58 bits per heavy atom. The highest BCUT2D eigenvalue weighted by Gasteiger charge is 2.22. The van der Waals surface area contributed by atoms with Crippen molar-refractivity contribution in [3.63, 3.8) is 0 Å². The molecule has 36 heavy (non-hydrogen) atoms. The van der Waals surface area contributed by atoms with Crippen LogP contribution in [0.2, 0.25) is 0 Å². The van der Waals surface area contributed by atoms with Crippen molar-refractivity contribution in [3.8, 4) is 6.01 Å². The number of rotatable bonds is 7. The van der Waals surface area contributed by atoms with Crippen molar-refractivity contribution in [2.24, 2.45) is 0 Å². The lowest BCUT2D eigenvalue weighted by Crippen LogP contribution is -2.36. The topological polar surface area (TPSA) is 110 Å². The second kappa shape index (κ2) is 10.3. The highest BCUT2D eigenvalue weighted by atomic mass is 16.5. The van der Waals surface area contributed by atoms with Crippen molar-refractivity contribution >= 4 is 28.9 Å². The zero-order valence-corrected chi connectivity index (χ0v) is 20.7. The minimum atomic E-state index is -0.207. The summed E-state index contributed by atoms with van der Waals surface area (Å²) < 4.78 is 7.92. The van der Waals surface area contributed by atoms with E-state index < -0.39 is 0 Å². The Balaban J connectivity index is 1.41. The van der Waals surface area contributed by atoms with Crippen molar-refractivity contribution < 1.29 is 9.53 Å². The van der Waals surface area contributed by atoms with Crippen LogP contribution in [0.25, 0.3) is 5.65 Å². The van der Waals surface area contributed by atoms with Crippen molar-refractivity contribution in [2.45, 2.75) is 38.7 Å². The summed E-state index contributed by atoms with van der Waals surface area (Å²) >= 11 is 0. The molecular formula is C26H30N8O2. The van der Waals surface area contributed by atoms with Gasteiger partial charge in [0, 0.05) is 48.0 Å². The van der Waals surface area contributed by atoms with Gasteiger partial charge in [-0.3, -0.25) is 9.78 Å². The number of carbonyl (C=O) groups is 1. The van der Waals surface area contributed by atoms with Crippen molar-refractivity contribution in [1.82, 2.24) is 29.5 Å². The molecular weight excluding hydrogens is 456 g/mol. The highest BCUT2D eigenvalue weighted by Crippen LogP contribution is 2.26. The Morgan fingerprint density at radius 1 is 1.08 bits per heavy atom. The maximum absolute atomic E-state index is 12.6. The monoisotopic (exact) mass is 486 g/mol. The maximum atomic E-state index is 12.6. The van der Waals surface area contributed by atoms with Gasteiger partial charge in [0.2, 0.25) is 5.95 Å². The first kappa shape index (κ1) is 23.7. The fraction of sp³-hybridized carbons (Fsp3) is 0.346. The number of benzene rings is 1. The molecule has 4 aromatic rings. The SMILES string of the molecule is CC(C)c1cnn2c(Nc3cccc(NC(=O)c4ccncc4)c3)nc(OC3CCN(C)CC3)nc12. The number of likely N-dealkylation sites (tertiary alicyclic amines) is 1. The third kappa shape index (κ3) is 5.28. The third-order valence-corrected chi connectivity index (χ3v) is 6.25. The van der Waals surface area contributed by atoms with Crippen LogP contribution in [0.4, 0.5) is 17.3 Å². The van der Waals surface area contributed by atoms with Crippen LogP contribution in [0, 0.1) is 0 Å². The summed E-state index contributed by atoms with van der Waals surface area (Å²) in [6.07, 6.45) is 6.95. The fourth-order valence-corrected chi connectivity index (χ4v) is 4.18. The van der Waals surface area contributed by atoms with Crippen LogP contribution in [0.1, 0.15) is 48.5 Å².